The summed E-state index contributed by atoms with van der Waals surface area (Å²) in [4.78, 5) is 12.4. The van der Waals surface area contributed by atoms with Crippen LogP contribution in [0, 0.1) is 0 Å². The first kappa shape index (κ1) is 54.4. The Morgan fingerprint density at radius 2 is 0.582 bits per heavy atom. The fraction of sp³-hybridized carbons (Fsp3) is 0.980. The molecule has 0 aliphatic carbocycles. The number of aliphatic hydroxyl groups is 2. The van der Waals surface area contributed by atoms with Crippen molar-refractivity contribution in [3.05, 3.63) is 0 Å². The number of nitrogens with one attached hydrogen (secondary N) is 1. The molecule has 0 aliphatic heterocycles. The molecule has 0 fully saturated rings. The van der Waals surface area contributed by atoms with Crippen molar-refractivity contribution >= 4 is 5.91 Å². The molecule has 55 heavy (non-hydrogen) atoms. The lowest BCUT2D eigenvalue weighted by molar-refractivity contribution is -0.123. The lowest BCUT2D eigenvalue weighted by Crippen LogP contribution is -2.45. The third-order valence-electron chi connectivity index (χ3n) is 12.4. The first-order chi connectivity index (χ1) is 27.2. The predicted octanol–water partition coefficient (Wildman–Crippen LogP) is 16.4. The summed E-state index contributed by atoms with van der Waals surface area (Å²) >= 11 is 0. The first-order valence-electron chi connectivity index (χ1n) is 25.7. The fourth-order valence-corrected chi connectivity index (χ4v) is 8.42. The van der Waals surface area contributed by atoms with Gasteiger partial charge in [0.25, 0.3) is 0 Å². The second-order valence-corrected chi connectivity index (χ2v) is 18.0. The van der Waals surface area contributed by atoms with E-state index in [1.54, 1.807) is 0 Å². The largest absolute Gasteiger partial charge is 0.394 e. The van der Waals surface area contributed by atoms with Gasteiger partial charge in [-0.15, -0.1) is 0 Å². The maximum atomic E-state index is 12.4. The van der Waals surface area contributed by atoms with Gasteiger partial charge in [0.05, 0.1) is 18.8 Å². The maximum Gasteiger partial charge on any atom is 0.220 e. The van der Waals surface area contributed by atoms with Gasteiger partial charge in [-0.1, -0.05) is 284 Å². The Labute approximate surface area is 346 Å². The SMILES string of the molecule is CCCCCCCCCCCCCCCCCCCCCCCCCCCCCCCCCCC(=O)NC(CO)C(O)CCCCCCCCCCCCC. The molecule has 0 spiro atoms. The van der Waals surface area contributed by atoms with Crippen LogP contribution >= 0.6 is 0 Å². The monoisotopic (exact) mass is 778 g/mol. The molecular weight excluding hydrogens is 675 g/mol. The number of hydrogen-bond acceptors (Lipinski definition) is 3. The standard InChI is InChI=1S/C51H103NO3/c1-3-5-7-9-11-13-15-16-17-18-19-20-21-22-23-24-25-26-27-28-29-30-31-32-33-34-35-37-39-41-43-45-47-51(55)52-49(48-53)50(54)46-44-42-40-38-36-14-12-10-8-6-4-2/h49-50,53-54H,3-48H2,1-2H3,(H,52,55). The van der Waals surface area contributed by atoms with Crippen LogP contribution in [-0.4, -0.2) is 34.9 Å². The molecule has 1 amide bonds. The van der Waals surface area contributed by atoms with Crippen LogP contribution in [-0.2, 0) is 4.79 Å². The Hall–Kier alpha value is -0.610. The summed E-state index contributed by atoms with van der Waals surface area (Å²) in [6, 6.07) is -0.529. The minimum absolute atomic E-state index is 0.0254. The van der Waals surface area contributed by atoms with Gasteiger partial charge in [-0.25, -0.2) is 0 Å². The van der Waals surface area contributed by atoms with Gasteiger partial charge in [0.15, 0.2) is 0 Å². The van der Waals surface area contributed by atoms with Crippen LogP contribution in [0.4, 0.5) is 0 Å². The van der Waals surface area contributed by atoms with Gasteiger partial charge in [-0.05, 0) is 12.8 Å². The highest BCUT2D eigenvalue weighted by Gasteiger charge is 2.20. The molecule has 0 radical (unpaired) electrons. The molecule has 0 aromatic heterocycles. The molecule has 2 atom stereocenters. The third kappa shape index (κ3) is 44.3. The van der Waals surface area contributed by atoms with Crippen molar-refractivity contribution in [1.29, 1.82) is 0 Å². The molecule has 0 aromatic carbocycles. The van der Waals surface area contributed by atoms with Gasteiger partial charge in [0.2, 0.25) is 5.91 Å². The van der Waals surface area contributed by atoms with Crippen molar-refractivity contribution in [2.45, 2.75) is 315 Å². The van der Waals surface area contributed by atoms with Crippen LogP contribution in [0.2, 0.25) is 0 Å². The predicted molar refractivity (Wildman–Crippen MR) is 244 cm³/mol. The van der Waals surface area contributed by atoms with Crippen molar-refractivity contribution < 1.29 is 15.0 Å². The minimum Gasteiger partial charge on any atom is -0.394 e. The second kappa shape index (κ2) is 47.8. The van der Waals surface area contributed by atoms with Crippen molar-refractivity contribution in [2.75, 3.05) is 6.61 Å². The number of amides is 1. The minimum atomic E-state index is -0.652. The molecule has 0 bridgehead atoms. The van der Waals surface area contributed by atoms with Crippen molar-refractivity contribution in [3.63, 3.8) is 0 Å². The van der Waals surface area contributed by atoms with Gasteiger partial charge >= 0.3 is 0 Å². The van der Waals surface area contributed by atoms with E-state index < -0.39 is 12.1 Å². The summed E-state index contributed by atoms with van der Waals surface area (Å²) in [6.45, 7) is 4.38. The van der Waals surface area contributed by atoms with Crippen molar-refractivity contribution in [2.24, 2.45) is 0 Å². The molecule has 330 valence electrons. The van der Waals surface area contributed by atoms with E-state index >= 15 is 0 Å². The smallest absolute Gasteiger partial charge is 0.220 e. The van der Waals surface area contributed by atoms with Gasteiger partial charge in [-0.3, -0.25) is 4.79 Å². The lowest BCUT2D eigenvalue weighted by Gasteiger charge is -2.22. The number of unbranched alkanes of at least 4 members (excludes halogenated alkanes) is 41. The Kier molecular flexibility index (Phi) is 47.2. The molecule has 0 heterocycles. The van der Waals surface area contributed by atoms with Gasteiger partial charge < -0.3 is 15.5 Å². The zero-order valence-electron chi connectivity index (χ0n) is 38.0. The normalized spacial score (nSPS) is 12.7. The van der Waals surface area contributed by atoms with Crippen LogP contribution < -0.4 is 5.32 Å². The fourth-order valence-electron chi connectivity index (χ4n) is 8.42. The summed E-state index contributed by atoms with van der Waals surface area (Å²) in [5.74, 6) is -0.0254. The van der Waals surface area contributed by atoms with E-state index in [1.165, 1.54) is 250 Å². The zero-order valence-corrected chi connectivity index (χ0v) is 38.0. The first-order valence-corrected chi connectivity index (χ1v) is 25.7. The quantitative estimate of drug-likeness (QED) is 0.0539. The van der Waals surface area contributed by atoms with E-state index in [4.69, 9.17) is 0 Å². The molecule has 4 nitrogen and oxygen atoms in total. The molecular formula is C51H103NO3. The van der Waals surface area contributed by atoms with Crippen molar-refractivity contribution in [3.8, 4) is 0 Å². The van der Waals surface area contributed by atoms with E-state index in [9.17, 15) is 15.0 Å². The third-order valence-corrected chi connectivity index (χ3v) is 12.4. The molecule has 0 saturated heterocycles. The summed E-state index contributed by atoms with van der Waals surface area (Å²) in [5, 5.41) is 23.1. The maximum absolute atomic E-state index is 12.4. The average molecular weight is 778 g/mol. The second-order valence-electron chi connectivity index (χ2n) is 18.0. The van der Waals surface area contributed by atoms with E-state index in [-0.39, 0.29) is 12.5 Å². The number of aliphatic hydroxyl groups excluding tert-OH is 2. The Morgan fingerprint density at radius 3 is 0.818 bits per heavy atom. The molecule has 0 aromatic rings. The lowest BCUT2D eigenvalue weighted by atomic mass is 10.0. The van der Waals surface area contributed by atoms with Crippen LogP contribution in [0.1, 0.15) is 303 Å². The Balaban J connectivity index is 3.33. The van der Waals surface area contributed by atoms with Crippen LogP contribution in [0.25, 0.3) is 0 Å². The van der Waals surface area contributed by atoms with Crippen LogP contribution in [0.3, 0.4) is 0 Å². The Morgan fingerprint density at radius 1 is 0.364 bits per heavy atom. The summed E-state index contributed by atoms with van der Waals surface area (Å²) in [6.07, 6.45) is 59.5. The molecule has 4 heteroatoms. The molecule has 3 N–H and O–H groups in total. The Bertz CT molecular complexity index is 714. The highest BCUT2D eigenvalue weighted by molar-refractivity contribution is 5.76. The highest BCUT2D eigenvalue weighted by Crippen LogP contribution is 2.18. The van der Waals surface area contributed by atoms with E-state index in [0.717, 1.165) is 25.7 Å². The zero-order chi connectivity index (χ0) is 40.0. The van der Waals surface area contributed by atoms with E-state index in [0.29, 0.717) is 12.8 Å². The molecule has 0 aliphatic rings. The molecule has 2 unspecified atom stereocenters. The topological polar surface area (TPSA) is 69.6 Å². The highest BCUT2D eigenvalue weighted by atomic mass is 16.3. The summed E-state index contributed by atoms with van der Waals surface area (Å²) < 4.78 is 0. The van der Waals surface area contributed by atoms with Gasteiger partial charge in [0, 0.05) is 6.42 Å². The van der Waals surface area contributed by atoms with E-state index in [2.05, 4.69) is 19.2 Å². The number of hydrogen-bond donors (Lipinski definition) is 3. The molecule has 0 saturated carbocycles. The van der Waals surface area contributed by atoms with Gasteiger partial charge in [-0.2, -0.15) is 0 Å². The van der Waals surface area contributed by atoms with Crippen molar-refractivity contribution in [1.82, 2.24) is 5.32 Å². The van der Waals surface area contributed by atoms with Crippen LogP contribution in [0.5, 0.6) is 0 Å². The van der Waals surface area contributed by atoms with Crippen LogP contribution in [0.15, 0.2) is 0 Å². The number of rotatable bonds is 48. The molecule has 0 rings (SSSR count). The number of carbonyl (C=O) groups is 1. The summed E-state index contributed by atoms with van der Waals surface area (Å²) in [5.41, 5.74) is 0. The number of carbonyl (C=O) groups excluding carboxylic acids is 1. The van der Waals surface area contributed by atoms with Gasteiger partial charge in [0.1, 0.15) is 0 Å². The van der Waals surface area contributed by atoms with E-state index in [1.807, 2.05) is 0 Å². The average Bonchev–Trinajstić information content (AvgIpc) is 3.19. The summed E-state index contributed by atoms with van der Waals surface area (Å²) in [7, 11) is 0.